The Kier molecular flexibility index (Phi) is 6.66. The second-order valence-electron chi connectivity index (χ2n) is 6.29. The monoisotopic (exact) mass is 356 g/mol. The lowest BCUT2D eigenvalue weighted by atomic mass is 10.1. The number of amides is 1. The average Bonchev–Trinajstić information content (AvgIpc) is 2.60. The van der Waals surface area contributed by atoms with Gasteiger partial charge >= 0.3 is 5.97 Å². The molecular weight excluding hydrogens is 332 g/mol. The number of ether oxygens (including phenoxy) is 1. The van der Waals surface area contributed by atoms with E-state index in [0.29, 0.717) is 23.2 Å². The standard InChI is InChI=1S/C19H24N4O3/c1-12(2)9-10-20-17-11-16(21-13(3)22-17)18(24)23-15-8-6-5-7-14(15)19(25)26-4/h5-8,11-12H,9-10H2,1-4H3,(H,23,24)(H,20,21,22). The van der Waals surface area contributed by atoms with Gasteiger partial charge in [-0.05, 0) is 31.4 Å². The molecular formula is C19H24N4O3. The minimum absolute atomic E-state index is 0.226. The molecule has 0 saturated heterocycles. The van der Waals surface area contributed by atoms with Crippen molar-refractivity contribution in [2.45, 2.75) is 27.2 Å². The van der Waals surface area contributed by atoms with Gasteiger partial charge in [-0.25, -0.2) is 14.8 Å². The summed E-state index contributed by atoms with van der Waals surface area (Å²) in [4.78, 5) is 32.9. The lowest BCUT2D eigenvalue weighted by Gasteiger charge is -2.11. The molecule has 2 rings (SSSR count). The van der Waals surface area contributed by atoms with Crippen LogP contribution in [0.25, 0.3) is 0 Å². The number of benzene rings is 1. The Hall–Kier alpha value is -2.96. The third kappa shape index (κ3) is 5.27. The number of methoxy groups -OCH3 is 1. The summed E-state index contributed by atoms with van der Waals surface area (Å²) >= 11 is 0. The van der Waals surface area contributed by atoms with Crippen molar-refractivity contribution in [2.75, 3.05) is 24.3 Å². The van der Waals surface area contributed by atoms with Gasteiger partial charge in [-0.15, -0.1) is 0 Å². The van der Waals surface area contributed by atoms with Crippen LogP contribution in [-0.2, 0) is 4.74 Å². The molecule has 7 nitrogen and oxygen atoms in total. The van der Waals surface area contributed by atoms with Crippen molar-refractivity contribution in [2.24, 2.45) is 5.92 Å². The molecule has 0 spiro atoms. The third-order valence-electron chi connectivity index (χ3n) is 3.68. The number of carbonyl (C=O) groups excluding carboxylic acids is 2. The Balaban J connectivity index is 2.17. The van der Waals surface area contributed by atoms with Crippen LogP contribution in [0.2, 0.25) is 0 Å². The Labute approximate surface area is 153 Å². The van der Waals surface area contributed by atoms with Crippen LogP contribution in [0.1, 0.15) is 46.9 Å². The maximum absolute atomic E-state index is 12.6. The molecule has 0 bridgehead atoms. The van der Waals surface area contributed by atoms with E-state index in [-0.39, 0.29) is 11.3 Å². The predicted octanol–water partition coefficient (Wildman–Crippen LogP) is 3.28. The van der Waals surface area contributed by atoms with Crippen LogP contribution in [0.3, 0.4) is 0 Å². The van der Waals surface area contributed by atoms with Crippen molar-refractivity contribution in [3.05, 3.63) is 47.4 Å². The molecule has 1 heterocycles. The highest BCUT2D eigenvalue weighted by molar-refractivity contribution is 6.07. The van der Waals surface area contributed by atoms with Crippen molar-refractivity contribution in [3.63, 3.8) is 0 Å². The molecule has 138 valence electrons. The molecule has 0 fully saturated rings. The third-order valence-corrected chi connectivity index (χ3v) is 3.68. The molecule has 0 aliphatic rings. The summed E-state index contributed by atoms with van der Waals surface area (Å²) in [5.41, 5.74) is 0.878. The number of para-hydroxylation sites is 1. The highest BCUT2D eigenvalue weighted by Gasteiger charge is 2.16. The second-order valence-corrected chi connectivity index (χ2v) is 6.29. The molecule has 1 amide bonds. The number of hydrogen-bond donors (Lipinski definition) is 2. The van der Waals surface area contributed by atoms with Crippen molar-refractivity contribution in [3.8, 4) is 0 Å². The minimum Gasteiger partial charge on any atom is -0.465 e. The molecule has 7 heteroatoms. The minimum atomic E-state index is -0.518. The maximum atomic E-state index is 12.6. The lowest BCUT2D eigenvalue weighted by Crippen LogP contribution is -2.18. The van der Waals surface area contributed by atoms with Crippen LogP contribution in [-0.4, -0.2) is 35.5 Å². The van der Waals surface area contributed by atoms with Gasteiger partial charge in [0, 0.05) is 12.6 Å². The zero-order valence-corrected chi connectivity index (χ0v) is 15.5. The Bertz CT molecular complexity index is 790. The van der Waals surface area contributed by atoms with Gasteiger partial charge in [0.05, 0.1) is 18.4 Å². The molecule has 0 aliphatic carbocycles. The van der Waals surface area contributed by atoms with E-state index in [1.165, 1.54) is 7.11 Å². The first-order valence-corrected chi connectivity index (χ1v) is 8.49. The van der Waals surface area contributed by atoms with Gasteiger partial charge in [-0.2, -0.15) is 0 Å². The number of nitrogens with zero attached hydrogens (tertiary/aromatic N) is 2. The molecule has 2 aromatic rings. The van der Waals surface area contributed by atoms with Crippen LogP contribution in [0.5, 0.6) is 0 Å². The number of anilines is 2. The van der Waals surface area contributed by atoms with E-state index < -0.39 is 11.9 Å². The van der Waals surface area contributed by atoms with Crippen LogP contribution in [0.15, 0.2) is 30.3 Å². The quantitative estimate of drug-likeness (QED) is 0.740. The zero-order chi connectivity index (χ0) is 19.1. The Morgan fingerprint density at radius 3 is 2.62 bits per heavy atom. The molecule has 26 heavy (non-hydrogen) atoms. The lowest BCUT2D eigenvalue weighted by molar-refractivity contribution is 0.0602. The number of rotatable bonds is 7. The SMILES string of the molecule is COC(=O)c1ccccc1NC(=O)c1cc(NCCC(C)C)nc(C)n1. The Morgan fingerprint density at radius 2 is 1.92 bits per heavy atom. The summed E-state index contributed by atoms with van der Waals surface area (Å²) < 4.78 is 4.74. The molecule has 0 unspecified atom stereocenters. The summed E-state index contributed by atoms with van der Waals surface area (Å²) in [5, 5.41) is 5.92. The average molecular weight is 356 g/mol. The fourth-order valence-electron chi connectivity index (χ4n) is 2.33. The first kappa shape index (κ1) is 19.4. The summed E-state index contributed by atoms with van der Waals surface area (Å²) in [6.45, 7) is 6.78. The number of aryl methyl sites for hydroxylation is 1. The van der Waals surface area contributed by atoms with E-state index >= 15 is 0 Å². The van der Waals surface area contributed by atoms with Crippen molar-refractivity contribution in [1.82, 2.24) is 9.97 Å². The molecule has 0 radical (unpaired) electrons. The van der Waals surface area contributed by atoms with Crippen LogP contribution in [0, 0.1) is 12.8 Å². The first-order valence-electron chi connectivity index (χ1n) is 8.49. The maximum Gasteiger partial charge on any atom is 0.339 e. The van der Waals surface area contributed by atoms with Gasteiger partial charge in [0.2, 0.25) is 0 Å². The van der Waals surface area contributed by atoms with E-state index in [9.17, 15) is 9.59 Å². The van der Waals surface area contributed by atoms with Crippen LogP contribution in [0.4, 0.5) is 11.5 Å². The van der Waals surface area contributed by atoms with E-state index in [0.717, 1.165) is 13.0 Å². The van der Waals surface area contributed by atoms with Gasteiger partial charge in [-0.1, -0.05) is 26.0 Å². The summed E-state index contributed by atoms with van der Waals surface area (Å²) in [6.07, 6.45) is 0.997. The van der Waals surface area contributed by atoms with Crippen LogP contribution >= 0.6 is 0 Å². The van der Waals surface area contributed by atoms with Crippen LogP contribution < -0.4 is 10.6 Å². The largest absolute Gasteiger partial charge is 0.465 e. The van der Waals surface area contributed by atoms with Gasteiger partial charge in [0.15, 0.2) is 0 Å². The second kappa shape index (κ2) is 8.94. The number of carbonyl (C=O) groups is 2. The van der Waals surface area contributed by atoms with E-state index in [4.69, 9.17) is 4.74 Å². The highest BCUT2D eigenvalue weighted by atomic mass is 16.5. The van der Waals surface area contributed by atoms with E-state index in [1.54, 1.807) is 37.3 Å². The first-order chi connectivity index (χ1) is 12.4. The van der Waals surface area contributed by atoms with E-state index in [2.05, 4.69) is 34.4 Å². The van der Waals surface area contributed by atoms with Crippen molar-refractivity contribution >= 4 is 23.4 Å². The topological polar surface area (TPSA) is 93.2 Å². The Morgan fingerprint density at radius 1 is 1.19 bits per heavy atom. The molecule has 1 aromatic heterocycles. The fourth-order valence-corrected chi connectivity index (χ4v) is 2.33. The number of hydrogen-bond acceptors (Lipinski definition) is 6. The van der Waals surface area contributed by atoms with Gasteiger partial charge < -0.3 is 15.4 Å². The predicted molar refractivity (Wildman–Crippen MR) is 100 cm³/mol. The van der Waals surface area contributed by atoms with Crippen molar-refractivity contribution in [1.29, 1.82) is 0 Å². The summed E-state index contributed by atoms with van der Waals surface area (Å²) in [6, 6.07) is 8.26. The molecule has 1 aromatic carbocycles. The molecule has 2 N–H and O–H groups in total. The number of nitrogens with one attached hydrogen (secondary N) is 2. The summed E-state index contributed by atoms with van der Waals surface area (Å²) in [5.74, 6) is 0.730. The normalized spacial score (nSPS) is 10.5. The molecule has 0 atom stereocenters. The van der Waals surface area contributed by atoms with E-state index in [1.807, 2.05) is 0 Å². The summed E-state index contributed by atoms with van der Waals surface area (Å²) in [7, 11) is 1.30. The molecule has 0 saturated carbocycles. The van der Waals surface area contributed by atoms with Gasteiger partial charge in [-0.3, -0.25) is 4.79 Å². The number of esters is 1. The van der Waals surface area contributed by atoms with Crippen molar-refractivity contribution < 1.29 is 14.3 Å². The molecule has 0 aliphatic heterocycles. The van der Waals surface area contributed by atoms with Gasteiger partial charge in [0.1, 0.15) is 17.3 Å². The smallest absolute Gasteiger partial charge is 0.339 e. The highest BCUT2D eigenvalue weighted by Crippen LogP contribution is 2.17. The zero-order valence-electron chi connectivity index (χ0n) is 15.5. The fraction of sp³-hybridized carbons (Fsp3) is 0.368. The number of aromatic nitrogens is 2. The van der Waals surface area contributed by atoms with Gasteiger partial charge in [0.25, 0.3) is 5.91 Å².